The Balaban J connectivity index is 2.08. The van der Waals surface area contributed by atoms with Gasteiger partial charge >= 0.3 is 5.97 Å². The third-order valence-corrected chi connectivity index (χ3v) is 3.55. The van der Waals surface area contributed by atoms with E-state index in [1.54, 1.807) is 0 Å². The molecule has 0 bridgehead atoms. The van der Waals surface area contributed by atoms with E-state index in [-0.39, 0.29) is 17.3 Å². The summed E-state index contributed by atoms with van der Waals surface area (Å²) in [4.78, 5) is 21.7. The van der Waals surface area contributed by atoms with Gasteiger partial charge in [-0.3, -0.25) is 4.79 Å². The van der Waals surface area contributed by atoms with E-state index in [1.165, 1.54) is 6.20 Å². The molecule has 1 aromatic rings. The number of rotatable bonds is 7. The first kappa shape index (κ1) is 15.8. The molecular weight excluding hydrogens is 292 g/mol. The molecule has 7 heteroatoms. The van der Waals surface area contributed by atoms with Gasteiger partial charge in [0.25, 0.3) is 0 Å². The Bertz CT molecular complexity index is 508. The maximum absolute atomic E-state index is 11.5. The van der Waals surface area contributed by atoms with Crippen molar-refractivity contribution < 1.29 is 9.53 Å². The first-order chi connectivity index (χ1) is 10.0. The van der Waals surface area contributed by atoms with Crippen molar-refractivity contribution in [2.24, 2.45) is 0 Å². The van der Waals surface area contributed by atoms with Crippen molar-refractivity contribution in [1.82, 2.24) is 9.97 Å². The van der Waals surface area contributed by atoms with Crippen LogP contribution in [0.1, 0.15) is 39.5 Å². The number of esters is 1. The van der Waals surface area contributed by atoms with Crippen molar-refractivity contribution in [2.75, 3.05) is 17.2 Å². The molecule has 0 spiro atoms. The maximum atomic E-state index is 11.5. The summed E-state index contributed by atoms with van der Waals surface area (Å²) >= 11 is 5.87. The molecule has 0 amide bonds. The summed E-state index contributed by atoms with van der Waals surface area (Å²) in [5.41, 5.74) is 6.45. The number of carbonyl (C=O) groups excluding carboxylic acids is 1. The smallest absolute Gasteiger partial charge is 0.305 e. The van der Waals surface area contributed by atoms with Crippen LogP contribution < -0.4 is 10.6 Å². The predicted molar refractivity (Wildman–Crippen MR) is 82.3 cm³/mol. The van der Waals surface area contributed by atoms with Gasteiger partial charge in [0.15, 0.2) is 5.82 Å². The highest BCUT2D eigenvalue weighted by Gasteiger charge is 2.35. The number of hydrogen-bond acceptors (Lipinski definition) is 6. The Morgan fingerprint density at radius 2 is 2.33 bits per heavy atom. The molecule has 2 N–H and O–H groups in total. The van der Waals surface area contributed by atoms with Crippen LogP contribution >= 0.6 is 11.6 Å². The molecule has 2 rings (SSSR count). The molecule has 1 aliphatic rings. The monoisotopic (exact) mass is 312 g/mol. The lowest BCUT2D eigenvalue weighted by atomic mass is 10.2. The molecule has 0 aliphatic heterocycles. The van der Waals surface area contributed by atoms with Gasteiger partial charge in [-0.15, -0.1) is 0 Å². The molecule has 116 valence electrons. The minimum Gasteiger partial charge on any atom is -0.463 e. The first-order valence-electron chi connectivity index (χ1n) is 7.25. The summed E-state index contributed by atoms with van der Waals surface area (Å²) < 4.78 is 5.30. The number of nitrogen functional groups attached to an aromatic ring is 1. The van der Waals surface area contributed by atoms with Crippen LogP contribution in [0.3, 0.4) is 0 Å². The van der Waals surface area contributed by atoms with Crippen LogP contribution in [-0.4, -0.2) is 34.6 Å². The van der Waals surface area contributed by atoms with E-state index in [9.17, 15) is 4.79 Å². The molecule has 0 radical (unpaired) electrons. The minimum absolute atomic E-state index is 0.00780. The first-order valence-corrected chi connectivity index (χ1v) is 7.62. The normalized spacial score (nSPS) is 15.6. The molecule has 1 aliphatic carbocycles. The lowest BCUT2D eigenvalue weighted by molar-refractivity contribution is -0.144. The Hall–Kier alpha value is -1.56. The highest BCUT2D eigenvalue weighted by atomic mass is 35.5. The Morgan fingerprint density at radius 1 is 1.62 bits per heavy atom. The highest BCUT2D eigenvalue weighted by molar-refractivity contribution is 6.28. The number of ether oxygens (including phenoxy) is 1. The number of carbonyl (C=O) groups is 1. The Morgan fingerprint density at radius 3 is 2.95 bits per heavy atom. The number of anilines is 2. The lowest BCUT2D eigenvalue weighted by Gasteiger charge is -2.30. The molecule has 21 heavy (non-hydrogen) atoms. The van der Waals surface area contributed by atoms with Crippen LogP contribution in [0.25, 0.3) is 0 Å². The van der Waals surface area contributed by atoms with Gasteiger partial charge in [-0.1, -0.05) is 6.92 Å². The molecule has 1 heterocycles. The third-order valence-electron chi connectivity index (χ3n) is 3.37. The van der Waals surface area contributed by atoms with Gasteiger partial charge in [-0.25, -0.2) is 4.98 Å². The van der Waals surface area contributed by atoms with Crippen molar-refractivity contribution in [3.05, 3.63) is 11.5 Å². The minimum atomic E-state index is -0.172. The van der Waals surface area contributed by atoms with Gasteiger partial charge < -0.3 is 15.4 Å². The third kappa shape index (κ3) is 4.20. The number of aromatic nitrogens is 2. The average molecular weight is 313 g/mol. The zero-order valence-corrected chi connectivity index (χ0v) is 13.1. The van der Waals surface area contributed by atoms with Crippen molar-refractivity contribution >= 4 is 29.1 Å². The summed E-state index contributed by atoms with van der Waals surface area (Å²) in [5.74, 6) is 0.449. The van der Waals surface area contributed by atoms with Gasteiger partial charge in [0.05, 0.1) is 17.9 Å². The molecule has 1 unspecified atom stereocenters. The van der Waals surface area contributed by atoms with Gasteiger partial charge in [0.2, 0.25) is 5.28 Å². The maximum Gasteiger partial charge on any atom is 0.305 e. The molecule has 0 aromatic carbocycles. The van der Waals surface area contributed by atoms with Crippen molar-refractivity contribution in [2.45, 2.75) is 51.6 Å². The molecule has 1 saturated carbocycles. The van der Waals surface area contributed by atoms with E-state index in [0.29, 0.717) is 30.6 Å². The van der Waals surface area contributed by atoms with Gasteiger partial charge in [-0.05, 0) is 37.8 Å². The average Bonchev–Trinajstić information content (AvgIpc) is 3.26. The largest absolute Gasteiger partial charge is 0.463 e. The molecule has 1 atom stereocenters. The fraction of sp³-hybridized carbons (Fsp3) is 0.643. The number of nitrogens with zero attached hydrogens (tertiary/aromatic N) is 3. The van der Waals surface area contributed by atoms with Crippen LogP contribution in [0.2, 0.25) is 5.28 Å². The highest BCUT2D eigenvalue weighted by Crippen LogP contribution is 2.35. The SMILES string of the molecule is CCCC(=O)OCC(C)N(c1nc(Cl)ncc1N)C1CC1. The van der Waals surface area contributed by atoms with E-state index in [0.717, 1.165) is 19.3 Å². The zero-order chi connectivity index (χ0) is 15.4. The summed E-state index contributed by atoms with van der Waals surface area (Å²) in [7, 11) is 0. The molecule has 1 fully saturated rings. The second-order valence-electron chi connectivity index (χ2n) is 5.34. The number of nitrogens with two attached hydrogens (primary N) is 1. The topological polar surface area (TPSA) is 81.3 Å². The quantitative estimate of drug-likeness (QED) is 0.615. The Labute approximate surface area is 129 Å². The lowest BCUT2D eigenvalue weighted by Crippen LogP contribution is -2.40. The summed E-state index contributed by atoms with van der Waals surface area (Å²) in [6.07, 6.45) is 4.89. The fourth-order valence-corrected chi connectivity index (χ4v) is 2.36. The molecule has 6 nitrogen and oxygen atoms in total. The predicted octanol–water partition coefficient (Wildman–Crippen LogP) is 2.41. The van der Waals surface area contributed by atoms with Gasteiger partial charge in [-0.2, -0.15) is 4.98 Å². The molecule has 1 aromatic heterocycles. The van der Waals surface area contributed by atoms with Gasteiger partial charge in [0.1, 0.15) is 6.61 Å². The second kappa shape index (κ2) is 6.93. The van der Waals surface area contributed by atoms with Gasteiger partial charge in [0, 0.05) is 12.5 Å². The van der Waals surface area contributed by atoms with Crippen LogP contribution in [0.5, 0.6) is 0 Å². The van der Waals surface area contributed by atoms with Crippen LogP contribution in [0, 0.1) is 0 Å². The van der Waals surface area contributed by atoms with Crippen LogP contribution in [0.4, 0.5) is 11.5 Å². The van der Waals surface area contributed by atoms with E-state index in [1.807, 2.05) is 13.8 Å². The van der Waals surface area contributed by atoms with Crippen molar-refractivity contribution in [1.29, 1.82) is 0 Å². The molecular formula is C14H21ClN4O2. The standard InChI is InChI=1S/C14H21ClN4O2/c1-3-4-12(20)21-8-9(2)19(10-5-6-10)13-11(16)7-17-14(15)18-13/h7,9-10H,3-6,8,16H2,1-2H3. The summed E-state index contributed by atoms with van der Waals surface area (Å²) in [6.45, 7) is 4.26. The van der Waals surface area contributed by atoms with Crippen molar-refractivity contribution in [3.8, 4) is 0 Å². The summed E-state index contributed by atoms with van der Waals surface area (Å²) in [6, 6.07) is 0.365. The van der Waals surface area contributed by atoms with Crippen LogP contribution in [-0.2, 0) is 9.53 Å². The van der Waals surface area contributed by atoms with E-state index in [2.05, 4.69) is 14.9 Å². The van der Waals surface area contributed by atoms with E-state index < -0.39 is 0 Å². The second-order valence-corrected chi connectivity index (χ2v) is 5.68. The van der Waals surface area contributed by atoms with Crippen molar-refractivity contribution in [3.63, 3.8) is 0 Å². The van der Waals surface area contributed by atoms with E-state index in [4.69, 9.17) is 22.1 Å². The summed E-state index contributed by atoms with van der Waals surface area (Å²) in [5, 5.41) is 0.167. The number of hydrogen-bond donors (Lipinski definition) is 1. The zero-order valence-electron chi connectivity index (χ0n) is 12.4. The molecule has 0 saturated heterocycles. The van der Waals surface area contributed by atoms with Crippen LogP contribution in [0.15, 0.2) is 6.20 Å². The van der Waals surface area contributed by atoms with E-state index >= 15 is 0 Å². The fourth-order valence-electron chi connectivity index (χ4n) is 2.23. The Kier molecular flexibility index (Phi) is 5.22. The number of halogens is 1.